The van der Waals surface area contributed by atoms with E-state index >= 15 is 0 Å². The molecule has 12 heavy (non-hydrogen) atoms. The van der Waals surface area contributed by atoms with Gasteiger partial charge in [-0.1, -0.05) is 0 Å². The third-order valence-electron chi connectivity index (χ3n) is 2.43. The molecule has 0 fully saturated rings. The van der Waals surface area contributed by atoms with Crippen LogP contribution in [0.3, 0.4) is 0 Å². The first-order valence-electron chi connectivity index (χ1n) is 4.46. The highest BCUT2D eigenvalue weighted by Crippen LogP contribution is 2.05. The van der Waals surface area contributed by atoms with Crippen LogP contribution in [0.1, 0.15) is 26.7 Å². The summed E-state index contributed by atoms with van der Waals surface area (Å²) in [4.78, 5) is 12.4. The summed E-state index contributed by atoms with van der Waals surface area (Å²) in [5.74, 6) is 0. The minimum Gasteiger partial charge on any atom is -0.305 e. The maximum absolute atomic E-state index is 10.1. The Morgan fingerprint density at radius 2 is 2.08 bits per heavy atom. The number of aldehydes is 1. The molecule has 0 bridgehead atoms. The van der Waals surface area contributed by atoms with Crippen molar-refractivity contribution >= 4 is 6.29 Å². The molecule has 0 rings (SSSR count). The molecule has 0 radical (unpaired) electrons. The lowest BCUT2D eigenvalue weighted by molar-refractivity contribution is -0.108. The lowest BCUT2D eigenvalue weighted by Crippen LogP contribution is -2.44. The van der Waals surface area contributed by atoms with E-state index in [9.17, 15) is 4.79 Å². The van der Waals surface area contributed by atoms with Gasteiger partial charge in [0.25, 0.3) is 0 Å². The molecule has 0 spiro atoms. The zero-order valence-corrected chi connectivity index (χ0v) is 8.50. The minimum absolute atomic E-state index is 0.367. The highest BCUT2D eigenvalue weighted by atomic mass is 16.1. The smallest absolute Gasteiger partial charge is 0.120 e. The summed E-state index contributed by atoms with van der Waals surface area (Å²) in [6.07, 6.45) is 2.94. The van der Waals surface area contributed by atoms with E-state index in [2.05, 4.69) is 31.1 Å². The number of carbonyl (C=O) groups is 1. The Hall–Kier alpha value is -0.410. The van der Waals surface area contributed by atoms with Crippen LogP contribution in [0.5, 0.6) is 0 Å². The van der Waals surface area contributed by atoms with Crippen LogP contribution in [0.25, 0.3) is 0 Å². The maximum atomic E-state index is 10.1. The molecule has 2 unspecified atom stereocenters. The number of nitrogens with zero attached hydrogens (tertiary/aromatic N) is 1. The lowest BCUT2D eigenvalue weighted by Gasteiger charge is -2.30. The molecular formula is C9H20N2O. The van der Waals surface area contributed by atoms with E-state index in [0.717, 1.165) is 12.7 Å². The van der Waals surface area contributed by atoms with Crippen molar-refractivity contribution in [2.24, 2.45) is 0 Å². The predicted octanol–water partition coefficient (Wildman–Crippen LogP) is 0.851. The Balaban J connectivity index is 3.74. The van der Waals surface area contributed by atoms with Crippen LogP contribution in [0, 0.1) is 0 Å². The van der Waals surface area contributed by atoms with Gasteiger partial charge in [0.15, 0.2) is 0 Å². The average Bonchev–Trinajstić information content (AvgIpc) is 2.11. The van der Waals surface area contributed by atoms with Crippen LogP contribution in [0.15, 0.2) is 0 Å². The van der Waals surface area contributed by atoms with Crippen molar-refractivity contribution in [2.75, 3.05) is 14.1 Å². The summed E-state index contributed by atoms with van der Waals surface area (Å²) in [6, 6.07) is 0.456. The molecule has 72 valence electrons. The van der Waals surface area contributed by atoms with E-state index < -0.39 is 0 Å². The van der Waals surface area contributed by atoms with Crippen LogP contribution in [-0.4, -0.2) is 37.5 Å². The van der Waals surface area contributed by atoms with Crippen molar-refractivity contribution in [3.63, 3.8) is 0 Å². The fraction of sp³-hybridized carbons (Fsp3) is 0.889. The quantitative estimate of drug-likeness (QED) is 0.476. The van der Waals surface area contributed by atoms with E-state index in [1.54, 1.807) is 0 Å². The van der Waals surface area contributed by atoms with Crippen molar-refractivity contribution in [1.82, 2.24) is 10.2 Å². The summed E-state index contributed by atoms with van der Waals surface area (Å²) in [7, 11) is 4.00. The first-order chi connectivity index (χ1) is 5.63. The third kappa shape index (κ3) is 3.83. The Labute approximate surface area is 75.1 Å². The number of nitrogens with one attached hydrogen (secondary N) is 1. The van der Waals surface area contributed by atoms with E-state index in [1.165, 1.54) is 0 Å². The van der Waals surface area contributed by atoms with Crippen LogP contribution in [0.2, 0.25) is 0 Å². The molecule has 0 aliphatic rings. The maximum Gasteiger partial charge on any atom is 0.120 e. The molecule has 3 heteroatoms. The summed E-state index contributed by atoms with van der Waals surface area (Å²) >= 11 is 0. The largest absolute Gasteiger partial charge is 0.305 e. The molecule has 0 aliphatic heterocycles. The highest BCUT2D eigenvalue weighted by molar-refractivity contribution is 5.49. The number of rotatable bonds is 6. The van der Waals surface area contributed by atoms with Gasteiger partial charge in [-0.2, -0.15) is 0 Å². The Kier molecular flexibility index (Phi) is 5.93. The van der Waals surface area contributed by atoms with Crippen molar-refractivity contribution in [2.45, 2.75) is 38.9 Å². The first kappa shape index (κ1) is 11.6. The molecule has 0 saturated carbocycles. The number of carbonyl (C=O) groups excluding carboxylic acids is 1. The number of hydrogen-bond acceptors (Lipinski definition) is 3. The molecule has 0 aromatic heterocycles. The monoisotopic (exact) mass is 172 g/mol. The molecule has 0 aliphatic carbocycles. The normalized spacial score (nSPS) is 16.1. The zero-order valence-electron chi connectivity index (χ0n) is 8.50. The summed E-state index contributed by atoms with van der Waals surface area (Å²) < 4.78 is 0. The lowest BCUT2D eigenvalue weighted by atomic mass is 10.1. The van der Waals surface area contributed by atoms with Gasteiger partial charge in [0, 0.05) is 12.5 Å². The fourth-order valence-corrected chi connectivity index (χ4v) is 1.10. The molecule has 3 nitrogen and oxygen atoms in total. The molecule has 0 amide bonds. The van der Waals surface area contributed by atoms with Gasteiger partial charge in [-0.25, -0.2) is 0 Å². The highest BCUT2D eigenvalue weighted by Gasteiger charge is 2.12. The van der Waals surface area contributed by atoms with Gasteiger partial charge >= 0.3 is 0 Å². The number of hydrogen-bond donors (Lipinski definition) is 1. The van der Waals surface area contributed by atoms with Gasteiger partial charge in [0.2, 0.25) is 0 Å². The Bertz CT molecular complexity index is 128. The van der Waals surface area contributed by atoms with Crippen LogP contribution in [-0.2, 0) is 4.79 Å². The molecule has 0 saturated heterocycles. The van der Waals surface area contributed by atoms with Crippen molar-refractivity contribution in [1.29, 1.82) is 0 Å². The van der Waals surface area contributed by atoms with E-state index in [1.807, 2.05) is 7.05 Å². The van der Waals surface area contributed by atoms with Crippen molar-refractivity contribution < 1.29 is 4.79 Å². The van der Waals surface area contributed by atoms with Gasteiger partial charge in [-0.3, -0.25) is 4.90 Å². The van der Waals surface area contributed by atoms with Crippen LogP contribution in [0.4, 0.5) is 0 Å². The fourth-order valence-electron chi connectivity index (χ4n) is 1.10. The van der Waals surface area contributed by atoms with Crippen LogP contribution < -0.4 is 5.32 Å². The Morgan fingerprint density at radius 3 is 2.50 bits per heavy atom. The van der Waals surface area contributed by atoms with Crippen LogP contribution >= 0.6 is 0 Å². The molecule has 1 N–H and O–H groups in total. The SMILES string of the molecule is CNC(C)N(C)C(C)CCC=O. The molecular weight excluding hydrogens is 152 g/mol. The zero-order chi connectivity index (χ0) is 9.56. The van der Waals surface area contributed by atoms with Gasteiger partial charge in [0.1, 0.15) is 6.29 Å². The van der Waals surface area contributed by atoms with Gasteiger partial charge in [-0.15, -0.1) is 0 Å². The second-order valence-electron chi connectivity index (χ2n) is 3.22. The predicted molar refractivity (Wildman–Crippen MR) is 51.0 cm³/mol. The molecule has 0 heterocycles. The second kappa shape index (κ2) is 6.14. The second-order valence-corrected chi connectivity index (χ2v) is 3.22. The van der Waals surface area contributed by atoms with E-state index in [-0.39, 0.29) is 0 Å². The first-order valence-corrected chi connectivity index (χ1v) is 4.46. The third-order valence-corrected chi connectivity index (χ3v) is 2.43. The topological polar surface area (TPSA) is 32.3 Å². The summed E-state index contributed by atoms with van der Waals surface area (Å²) in [5.41, 5.74) is 0. The molecule has 0 aromatic carbocycles. The molecule has 0 aromatic rings. The molecule has 2 atom stereocenters. The summed E-state index contributed by atoms with van der Waals surface area (Å²) in [5, 5.41) is 3.16. The van der Waals surface area contributed by atoms with E-state index in [0.29, 0.717) is 18.6 Å². The summed E-state index contributed by atoms with van der Waals surface area (Å²) in [6.45, 7) is 4.24. The minimum atomic E-state index is 0.367. The van der Waals surface area contributed by atoms with Gasteiger partial charge < -0.3 is 10.1 Å². The van der Waals surface area contributed by atoms with Crippen molar-refractivity contribution in [3.8, 4) is 0 Å². The van der Waals surface area contributed by atoms with Gasteiger partial charge in [-0.05, 0) is 34.4 Å². The van der Waals surface area contributed by atoms with Gasteiger partial charge in [0.05, 0.1) is 6.17 Å². The van der Waals surface area contributed by atoms with Crippen molar-refractivity contribution in [3.05, 3.63) is 0 Å². The van der Waals surface area contributed by atoms with E-state index in [4.69, 9.17) is 0 Å². The standard InChI is InChI=1S/C9H20N2O/c1-8(6-5-7-12)11(4)9(2)10-3/h7-10H,5-6H2,1-4H3. The average molecular weight is 172 g/mol. The Morgan fingerprint density at radius 1 is 1.50 bits per heavy atom.